The van der Waals surface area contributed by atoms with Gasteiger partial charge in [-0.15, -0.1) is 6.58 Å². The predicted octanol–water partition coefficient (Wildman–Crippen LogP) is 7.81. The Morgan fingerprint density at radius 3 is 2.28 bits per heavy atom. The minimum atomic E-state index is -2.54. The lowest BCUT2D eigenvalue weighted by Crippen LogP contribution is -2.64. The van der Waals surface area contributed by atoms with Crippen molar-refractivity contribution in [3.05, 3.63) is 36.0 Å². The molecule has 2 aliphatic carbocycles. The molecule has 16 unspecified atom stereocenters. The molecule has 2 N–H and O–H groups in total. The van der Waals surface area contributed by atoms with Crippen LogP contribution < -0.4 is 0 Å². The van der Waals surface area contributed by atoms with E-state index in [1.54, 1.807) is 27.0 Å². The van der Waals surface area contributed by atoms with Crippen LogP contribution in [-0.4, -0.2) is 140 Å². The molecular formula is C56H89NO14. The average molecular weight is 1000 g/mol. The third-order valence-corrected chi connectivity index (χ3v) is 16.9. The summed E-state index contributed by atoms with van der Waals surface area (Å²) in [5.41, 5.74) is 1.75. The highest BCUT2D eigenvalue weighted by Crippen LogP contribution is 2.43. The Morgan fingerprint density at radius 1 is 0.930 bits per heavy atom. The molecule has 3 aliphatic heterocycles. The minimum Gasteiger partial charge on any atom is -0.458 e. The lowest BCUT2D eigenvalue weighted by Gasteiger charge is -2.47. The number of amides is 1. The number of hydrogen-bond acceptors (Lipinski definition) is 14. The second kappa shape index (κ2) is 26.3. The second-order valence-electron chi connectivity index (χ2n) is 22.6. The Labute approximate surface area is 424 Å². The first-order valence-electron chi connectivity index (χ1n) is 26.6. The monoisotopic (exact) mass is 1000 g/mol. The molecule has 3 heterocycles. The number of ketones is 2. The van der Waals surface area contributed by atoms with E-state index in [-0.39, 0.29) is 61.6 Å². The van der Waals surface area contributed by atoms with Crippen LogP contribution in [0.2, 0.25) is 0 Å². The van der Waals surface area contributed by atoms with Gasteiger partial charge in [-0.25, -0.2) is 9.59 Å². The number of hydrogen-bond donors (Lipinski definition) is 2. The highest BCUT2D eigenvalue weighted by atomic mass is 16.7. The number of esters is 2. The number of piperidine rings is 1. The molecule has 0 spiro atoms. The fourth-order valence-electron chi connectivity index (χ4n) is 12.1. The number of carbonyl (C=O) groups is 5. The Bertz CT molecular complexity index is 1900. The standard InChI is InChI=1S/C56H89NO14/c1-13-17-40-25-34(4)24-35(5)26-47(66-11)51-48(67-12)28-37(7)56(64,71-51)52(61)53(62)57-23-15-14-19-42(57)54(63)70-50(38(8)43(58)30-44(40)59)36(6)27-39-20-21-45(46(29-39)65-10)69-49(60)32-68-41-18-16-22-55(9,31-41)33(2)3/h13,25,27,33,35,37-43,45-48,50-51,58,64H,1,14-24,26,28-32H2,2-12H3. The molecule has 0 aromatic heterocycles. The van der Waals surface area contributed by atoms with E-state index in [1.807, 2.05) is 32.9 Å². The smallest absolute Gasteiger partial charge is 0.332 e. The average Bonchev–Trinajstić information content (AvgIpc) is 3.34. The predicted molar refractivity (Wildman–Crippen MR) is 268 cm³/mol. The minimum absolute atomic E-state index is 0.00787. The zero-order valence-electron chi connectivity index (χ0n) is 44.9. The Kier molecular flexibility index (Phi) is 21.7. The van der Waals surface area contributed by atoms with Crippen LogP contribution >= 0.6 is 0 Å². The summed E-state index contributed by atoms with van der Waals surface area (Å²) in [6, 6.07) is -1.18. The van der Waals surface area contributed by atoms with E-state index in [1.165, 1.54) is 19.1 Å². The van der Waals surface area contributed by atoms with E-state index in [0.29, 0.717) is 62.9 Å². The van der Waals surface area contributed by atoms with E-state index in [0.717, 1.165) is 31.3 Å². The molecule has 15 nitrogen and oxygen atoms in total. The van der Waals surface area contributed by atoms with Gasteiger partial charge in [-0.2, -0.15) is 0 Å². The Hall–Kier alpha value is -3.31. The van der Waals surface area contributed by atoms with Gasteiger partial charge in [0.2, 0.25) is 5.79 Å². The third-order valence-electron chi connectivity index (χ3n) is 16.9. The number of rotatable bonds is 12. The summed E-state index contributed by atoms with van der Waals surface area (Å²) in [6.07, 6.45) is 8.64. The highest BCUT2D eigenvalue weighted by Gasteiger charge is 2.57. The lowest BCUT2D eigenvalue weighted by atomic mass is 9.67. The van der Waals surface area contributed by atoms with Crippen molar-refractivity contribution < 1.29 is 67.3 Å². The van der Waals surface area contributed by atoms with Gasteiger partial charge in [-0.1, -0.05) is 71.8 Å². The highest BCUT2D eigenvalue weighted by molar-refractivity contribution is 6.39. The van der Waals surface area contributed by atoms with Crippen molar-refractivity contribution in [1.82, 2.24) is 4.90 Å². The third kappa shape index (κ3) is 14.7. The number of aliphatic hydroxyl groups is 2. The molecule has 2 bridgehead atoms. The van der Waals surface area contributed by atoms with Gasteiger partial charge in [-0.05, 0) is 126 Å². The number of nitrogens with zero attached hydrogens (tertiary/aromatic N) is 1. The van der Waals surface area contributed by atoms with Crippen LogP contribution in [0, 0.1) is 40.9 Å². The molecule has 402 valence electrons. The zero-order chi connectivity index (χ0) is 52.4. The van der Waals surface area contributed by atoms with Crippen molar-refractivity contribution in [3.63, 3.8) is 0 Å². The maximum Gasteiger partial charge on any atom is 0.332 e. The summed E-state index contributed by atoms with van der Waals surface area (Å²) < 4.78 is 42.5. The largest absolute Gasteiger partial charge is 0.458 e. The van der Waals surface area contributed by atoms with Crippen molar-refractivity contribution >= 4 is 29.4 Å². The van der Waals surface area contributed by atoms with Gasteiger partial charge in [0.1, 0.15) is 36.7 Å². The van der Waals surface area contributed by atoms with E-state index in [2.05, 4.69) is 27.4 Å². The van der Waals surface area contributed by atoms with Crippen LogP contribution in [0.25, 0.3) is 0 Å². The number of methoxy groups -OCH3 is 3. The fraction of sp³-hybridized carbons (Fsp3) is 0.804. The topological polar surface area (TPSA) is 194 Å². The molecule has 5 rings (SSSR count). The molecule has 2 saturated carbocycles. The molecule has 0 aromatic carbocycles. The number of carbonyl (C=O) groups excluding carboxylic acids is 5. The molecule has 4 fully saturated rings. The first kappa shape index (κ1) is 58.6. The molecule has 2 saturated heterocycles. The van der Waals surface area contributed by atoms with Crippen LogP contribution in [0.15, 0.2) is 36.0 Å². The van der Waals surface area contributed by atoms with E-state index in [4.69, 9.17) is 33.2 Å². The van der Waals surface area contributed by atoms with Gasteiger partial charge in [0.15, 0.2) is 0 Å². The fourth-order valence-corrected chi connectivity index (χ4v) is 12.1. The molecule has 0 radical (unpaired) electrons. The molecule has 71 heavy (non-hydrogen) atoms. The molecule has 16 atom stereocenters. The summed E-state index contributed by atoms with van der Waals surface area (Å²) in [5, 5.41) is 24.1. The van der Waals surface area contributed by atoms with Gasteiger partial charge in [-0.3, -0.25) is 14.4 Å². The summed E-state index contributed by atoms with van der Waals surface area (Å²) in [4.78, 5) is 71.9. The van der Waals surface area contributed by atoms with Crippen molar-refractivity contribution in [2.24, 2.45) is 40.9 Å². The molecular weight excluding hydrogens is 911 g/mol. The molecule has 0 aromatic rings. The van der Waals surface area contributed by atoms with Crippen LogP contribution in [0.5, 0.6) is 0 Å². The molecule has 15 heteroatoms. The normalized spacial score (nSPS) is 38.9. The van der Waals surface area contributed by atoms with Gasteiger partial charge >= 0.3 is 11.9 Å². The first-order valence-corrected chi connectivity index (χ1v) is 26.6. The summed E-state index contributed by atoms with van der Waals surface area (Å²) in [7, 11) is 4.64. The zero-order valence-corrected chi connectivity index (χ0v) is 44.9. The van der Waals surface area contributed by atoms with E-state index >= 15 is 0 Å². The van der Waals surface area contributed by atoms with Gasteiger partial charge in [0.05, 0.1) is 30.5 Å². The van der Waals surface area contributed by atoms with Crippen LogP contribution in [-0.2, 0) is 57.1 Å². The SMILES string of the molecule is C=CCC1C=C(C)CC(C)CC(OC)C2OC(O)(C(=O)C(=O)N3CCCCC3C(=O)OC(C(C)=CC3CCC(OC(=O)COC4CCCC(C)(C(C)C)C4)C(OC)C3)C(C)C(O)CC1=O)C(C)CC2OC. The maximum atomic E-state index is 14.6. The lowest BCUT2D eigenvalue weighted by molar-refractivity contribution is -0.302. The first-order chi connectivity index (χ1) is 33.6. The molecule has 1 amide bonds. The van der Waals surface area contributed by atoms with Gasteiger partial charge in [0, 0.05) is 52.0 Å². The second-order valence-corrected chi connectivity index (χ2v) is 22.6. The van der Waals surface area contributed by atoms with Crippen molar-refractivity contribution in [2.45, 2.75) is 212 Å². The Balaban J connectivity index is 1.41. The van der Waals surface area contributed by atoms with Gasteiger partial charge in [0.25, 0.3) is 11.7 Å². The van der Waals surface area contributed by atoms with Crippen molar-refractivity contribution in [1.29, 1.82) is 0 Å². The number of cyclic esters (lactones) is 1. The van der Waals surface area contributed by atoms with Crippen molar-refractivity contribution in [2.75, 3.05) is 34.5 Å². The van der Waals surface area contributed by atoms with Crippen LogP contribution in [0.4, 0.5) is 0 Å². The van der Waals surface area contributed by atoms with Crippen LogP contribution in [0.1, 0.15) is 152 Å². The van der Waals surface area contributed by atoms with Crippen molar-refractivity contribution in [3.8, 4) is 0 Å². The number of allylic oxidation sites excluding steroid dienone is 4. The Morgan fingerprint density at radius 2 is 1.62 bits per heavy atom. The molecule has 5 aliphatic rings. The number of Topliss-reactive ketones (excluding diaryl/α,β-unsaturated/α-hetero) is 2. The van der Waals surface area contributed by atoms with E-state index in [9.17, 15) is 34.2 Å². The maximum absolute atomic E-state index is 14.6. The van der Waals surface area contributed by atoms with Crippen LogP contribution in [0.3, 0.4) is 0 Å². The summed E-state index contributed by atoms with van der Waals surface area (Å²) in [5.74, 6) is -7.94. The number of aliphatic hydroxyl groups excluding tert-OH is 1. The van der Waals surface area contributed by atoms with Gasteiger partial charge < -0.3 is 48.3 Å². The summed E-state index contributed by atoms with van der Waals surface area (Å²) in [6.45, 7) is 19.8. The quantitative estimate of drug-likeness (QED) is 0.109. The number of ether oxygens (including phenoxy) is 7. The summed E-state index contributed by atoms with van der Waals surface area (Å²) >= 11 is 0. The number of fused-ring (bicyclic) bond motifs is 3. The van der Waals surface area contributed by atoms with E-state index < -0.39 is 95.9 Å².